The van der Waals surface area contributed by atoms with Gasteiger partial charge in [-0.05, 0) is 44.2 Å². The lowest BCUT2D eigenvalue weighted by atomic mass is 10.4. The van der Waals surface area contributed by atoms with E-state index in [1.54, 1.807) is 28.0 Å². The van der Waals surface area contributed by atoms with Crippen molar-refractivity contribution in [1.29, 1.82) is 0 Å². The standard InChI is InChI=1S/C15H15ClN4S2/c1-10-9-11(2)20-14(17-10)18-15(19-20)22-8-7-21-13-5-3-12(16)4-6-13/h3-6,9H,7-8H2,1-2H3. The molecule has 0 spiro atoms. The first-order chi connectivity index (χ1) is 10.6. The first-order valence-corrected chi connectivity index (χ1v) is 9.19. The Labute approximate surface area is 142 Å². The lowest BCUT2D eigenvalue weighted by Crippen LogP contribution is -1.97. The molecule has 2 aromatic heterocycles. The Balaban J connectivity index is 1.57. The van der Waals surface area contributed by atoms with E-state index in [4.69, 9.17) is 11.6 Å². The van der Waals surface area contributed by atoms with Crippen LogP contribution in [0.2, 0.25) is 5.02 Å². The molecule has 3 aromatic rings. The van der Waals surface area contributed by atoms with Gasteiger partial charge in [0.05, 0.1) is 0 Å². The average molecular weight is 351 g/mol. The maximum atomic E-state index is 5.88. The van der Waals surface area contributed by atoms with Crippen LogP contribution in [-0.2, 0) is 0 Å². The fraction of sp³-hybridized carbons (Fsp3) is 0.267. The topological polar surface area (TPSA) is 43.1 Å². The number of aromatic nitrogens is 4. The van der Waals surface area contributed by atoms with Crippen molar-refractivity contribution in [2.45, 2.75) is 23.9 Å². The zero-order valence-electron chi connectivity index (χ0n) is 12.3. The second kappa shape index (κ2) is 6.89. The van der Waals surface area contributed by atoms with E-state index in [9.17, 15) is 0 Å². The Kier molecular flexibility index (Phi) is 4.90. The van der Waals surface area contributed by atoms with Gasteiger partial charge in [0.15, 0.2) is 0 Å². The van der Waals surface area contributed by atoms with Crippen molar-refractivity contribution < 1.29 is 0 Å². The summed E-state index contributed by atoms with van der Waals surface area (Å²) in [6.45, 7) is 3.98. The molecule has 0 aliphatic carbocycles. The molecule has 3 rings (SSSR count). The summed E-state index contributed by atoms with van der Waals surface area (Å²) in [5.74, 6) is 2.61. The molecule has 0 saturated carbocycles. The van der Waals surface area contributed by atoms with E-state index in [0.717, 1.165) is 33.1 Å². The quantitative estimate of drug-likeness (QED) is 0.507. The highest BCUT2D eigenvalue weighted by molar-refractivity contribution is 8.02. The third-order valence-electron chi connectivity index (χ3n) is 3.00. The molecule has 0 amide bonds. The summed E-state index contributed by atoms with van der Waals surface area (Å²) in [5, 5.41) is 6.03. The molecular weight excluding hydrogens is 336 g/mol. The summed E-state index contributed by atoms with van der Waals surface area (Å²) in [5.41, 5.74) is 2.02. The molecule has 0 aliphatic rings. The molecule has 0 atom stereocenters. The normalized spacial score (nSPS) is 11.2. The molecule has 0 N–H and O–H groups in total. The summed E-state index contributed by atoms with van der Waals surface area (Å²) in [6, 6.07) is 9.91. The Morgan fingerprint density at radius 3 is 2.55 bits per heavy atom. The van der Waals surface area contributed by atoms with E-state index in [0.29, 0.717) is 5.78 Å². The lowest BCUT2D eigenvalue weighted by molar-refractivity contribution is 0.843. The van der Waals surface area contributed by atoms with Gasteiger partial charge in [0, 0.05) is 32.8 Å². The zero-order valence-corrected chi connectivity index (χ0v) is 14.7. The predicted molar refractivity (Wildman–Crippen MR) is 93.2 cm³/mol. The maximum Gasteiger partial charge on any atom is 0.253 e. The first kappa shape index (κ1) is 15.6. The van der Waals surface area contributed by atoms with Gasteiger partial charge in [0.25, 0.3) is 5.78 Å². The van der Waals surface area contributed by atoms with Crippen LogP contribution in [0.3, 0.4) is 0 Å². The largest absolute Gasteiger partial charge is 0.253 e. The highest BCUT2D eigenvalue weighted by atomic mass is 35.5. The minimum atomic E-state index is 0.672. The molecule has 0 bridgehead atoms. The highest BCUT2D eigenvalue weighted by Gasteiger charge is 2.08. The van der Waals surface area contributed by atoms with Gasteiger partial charge in [-0.25, -0.2) is 9.50 Å². The van der Waals surface area contributed by atoms with Crippen LogP contribution < -0.4 is 0 Å². The number of aryl methyl sites for hydroxylation is 2. The van der Waals surface area contributed by atoms with E-state index in [1.165, 1.54) is 4.90 Å². The van der Waals surface area contributed by atoms with Crippen LogP contribution in [0.25, 0.3) is 5.78 Å². The molecule has 7 heteroatoms. The van der Waals surface area contributed by atoms with Crippen molar-refractivity contribution in [3.8, 4) is 0 Å². The van der Waals surface area contributed by atoms with Crippen molar-refractivity contribution in [1.82, 2.24) is 19.6 Å². The SMILES string of the molecule is Cc1cc(C)n2nc(SCCSc3ccc(Cl)cc3)nc2n1. The van der Waals surface area contributed by atoms with Gasteiger partial charge in [-0.1, -0.05) is 23.4 Å². The van der Waals surface area contributed by atoms with Crippen LogP contribution in [0.5, 0.6) is 0 Å². The van der Waals surface area contributed by atoms with E-state index in [-0.39, 0.29) is 0 Å². The smallest absolute Gasteiger partial charge is 0.216 e. The highest BCUT2D eigenvalue weighted by Crippen LogP contribution is 2.23. The van der Waals surface area contributed by atoms with Gasteiger partial charge < -0.3 is 0 Å². The number of hydrogen-bond donors (Lipinski definition) is 0. The molecule has 0 saturated heterocycles. The van der Waals surface area contributed by atoms with Crippen LogP contribution in [0, 0.1) is 13.8 Å². The Bertz CT molecular complexity index is 786. The van der Waals surface area contributed by atoms with Gasteiger partial charge in [-0.2, -0.15) is 4.98 Å². The van der Waals surface area contributed by atoms with Crippen molar-refractivity contribution >= 4 is 40.9 Å². The van der Waals surface area contributed by atoms with E-state index < -0.39 is 0 Å². The fourth-order valence-corrected chi connectivity index (χ4v) is 3.86. The third kappa shape index (κ3) is 3.74. The van der Waals surface area contributed by atoms with Crippen LogP contribution >= 0.6 is 35.1 Å². The van der Waals surface area contributed by atoms with Crippen LogP contribution in [0.15, 0.2) is 40.4 Å². The molecule has 2 heterocycles. The fourth-order valence-electron chi connectivity index (χ4n) is 2.03. The van der Waals surface area contributed by atoms with Crippen molar-refractivity contribution in [3.63, 3.8) is 0 Å². The molecule has 114 valence electrons. The first-order valence-electron chi connectivity index (χ1n) is 6.84. The second-order valence-corrected chi connectivity index (χ2v) is 7.46. The molecule has 0 radical (unpaired) electrons. The van der Waals surface area contributed by atoms with Gasteiger partial charge >= 0.3 is 0 Å². The summed E-state index contributed by atoms with van der Waals surface area (Å²) in [6.07, 6.45) is 0. The van der Waals surface area contributed by atoms with Crippen molar-refractivity contribution in [3.05, 3.63) is 46.7 Å². The molecule has 22 heavy (non-hydrogen) atoms. The number of rotatable bonds is 5. The summed E-state index contributed by atoms with van der Waals surface area (Å²) in [4.78, 5) is 10.1. The number of nitrogens with zero attached hydrogens (tertiary/aromatic N) is 4. The molecule has 4 nitrogen and oxygen atoms in total. The Morgan fingerprint density at radius 1 is 1.05 bits per heavy atom. The summed E-state index contributed by atoms with van der Waals surface area (Å²) >= 11 is 9.33. The van der Waals surface area contributed by atoms with Gasteiger partial charge in [-0.3, -0.25) is 0 Å². The van der Waals surface area contributed by atoms with E-state index >= 15 is 0 Å². The maximum absolute atomic E-state index is 5.88. The second-order valence-electron chi connectivity index (χ2n) is 4.80. The molecule has 0 aliphatic heterocycles. The Morgan fingerprint density at radius 2 is 1.77 bits per heavy atom. The molecular formula is C15H15ClN4S2. The number of hydrogen-bond acceptors (Lipinski definition) is 5. The number of benzene rings is 1. The number of thioether (sulfide) groups is 2. The molecule has 0 unspecified atom stereocenters. The molecule has 1 aromatic carbocycles. The average Bonchev–Trinajstić information content (AvgIpc) is 2.88. The van der Waals surface area contributed by atoms with Gasteiger partial charge in [0.2, 0.25) is 5.16 Å². The zero-order chi connectivity index (χ0) is 15.5. The van der Waals surface area contributed by atoms with Gasteiger partial charge in [0.1, 0.15) is 0 Å². The monoisotopic (exact) mass is 350 g/mol. The van der Waals surface area contributed by atoms with E-state index in [2.05, 4.69) is 15.1 Å². The minimum Gasteiger partial charge on any atom is -0.216 e. The van der Waals surface area contributed by atoms with Crippen molar-refractivity contribution in [2.75, 3.05) is 11.5 Å². The van der Waals surface area contributed by atoms with Crippen LogP contribution in [0.1, 0.15) is 11.4 Å². The van der Waals surface area contributed by atoms with Crippen LogP contribution in [0.4, 0.5) is 0 Å². The van der Waals surface area contributed by atoms with Gasteiger partial charge in [-0.15, -0.1) is 16.9 Å². The predicted octanol–water partition coefficient (Wildman–Crippen LogP) is 4.28. The molecule has 0 fully saturated rings. The summed E-state index contributed by atoms with van der Waals surface area (Å²) in [7, 11) is 0. The summed E-state index contributed by atoms with van der Waals surface area (Å²) < 4.78 is 1.79. The minimum absolute atomic E-state index is 0.672. The third-order valence-corrected chi connectivity index (χ3v) is 5.36. The number of halogens is 1. The van der Waals surface area contributed by atoms with Crippen LogP contribution in [-0.4, -0.2) is 31.1 Å². The van der Waals surface area contributed by atoms with E-state index in [1.807, 2.05) is 44.2 Å². The Hall–Kier alpha value is -1.24. The lowest BCUT2D eigenvalue weighted by Gasteiger charge is -2.00. The number of fused-ring (bicyclic) bond motifs is 1. The van der Waals surface area contributed by atoms with Crippen molar-refractivity contribution in [2.24, 2.45) is 0 Å².